The van der Waals surface area contributed by atoms with Gasteiger partial charge in [0.05, 0.1) is 0 Å². The van der Waals surface area contributed by atoms with Crippen LogP contribution in [-0.2, 0) is 9.59 Å². The van der Waals surface area contributed by atoms with Crippen molar-refractivity contribution < 1.29 is 66.1 Å². The van der Waals surface area contributed by atoms with Crippen molar-refractivity contribution >= 4 is 11.8 Å². The van der Waals surface area contributed by atoms with Crippen molar-refractivity contribution in [1.29, 1.82) is 0 Å². The van der Waals surface area contributed by atoms with Crippen LogP contribution in [0, 0.1) is 6.92 Å². The standard InChI is InChI=1S/C22H29NO2.C22H26NO.K/c24-17-11-3-1-2-10-16-23-22(25)18-21(19-12-6-4-7-13-19)20-14-8-5-9-15-20;1-2-3-4-5-10-15-23-22(24)16-21-19-13-8-6-11-17(19)18-12-7-9-14-20(18)21;/h4-9,12-15,21,24H,1-3,10-11,16-18H2,(H,23,25);6-9,11-14,21H,1-5,10,15-16H2,(H,23,24);/q;-1;+1. The first kappa shape index (κ1) is 41.8. The first-order valence-corrected chi connectivity index (χ1v) is 18.3. The number of hydrogen-bond donors (Lipinski definition) is 3. The molecule has 0 atom stereocenters. The predicted octanol–water partition coefficient (Wildman–Crippen LogP) is 6.36. The largest absolute Gasteiger partial charge is 1.00 e. The molecule has 3 N–H and O–H groups in total. The van der Waals surface area contributed by atoms with Crippen LogP contribution < -0.4 is 62.0 Å². The summed E-state index contributed by atoms with van der Waals surface area (Å²) in [6.45, 7) is 5.65. The molecule has 0 aliphatic heterocycles. The van der Waals surface area contributed by atoms with Crippen molar-refractivity contribution in [2.75, 3.05) is 19.7 Å². The van der Waals surface area contributed by atoms with Crippen molar-refractivity contribution in [3.63, 3.8) is 0 Å². The summed E-state index contributed by atoms with van der Waals surface area (Å²) in [4.78, 5) is 24.8. The molecule has 260 valence electrons. The third-order valence-electron chi connectivity index (χ3n) is 9.30. The zero-order valence-corrected chi connectivity index (χ0v) is 33.2. The van der Waals surface area contributed by atoms with E-state index in [1.807, 2.05) is 36.4 Å². The Labute approximate surface area is 343 Å². The topological polar surface area (TPSA) is 78.4 Å². The second kappa shape index (κ2) is 24.6. The molecule has 1 aliphatic rings. The Morgan fingerprint density at radius 2 is 1.02 bits per heavy atom. The van der Waals surface area contributed by atoms with E-state index in [4.69, 9.17) is 5.11 Å². The Morgan fingerprint density at radius 3 is 1.54 bits per heavy atom. The summed E-state index contributed by atoms with van der Waals surface area (Å²) in [6.07, 6.45) is 11.8. The summed E-state index contributed by atoms with van der Waals surface area (Å²) in [5, 5.41) is 14.9. The van der Waals surface area contributed by atoms with E-state index in [0.717, 1.165) is 58.0 Å². The van der Waals surface area contributed by atoms with Gasteiger partial charge in [-0.15, -0.1) is 0 Å². The number of nitrogens with one attached hydrogen (secondary N) is 2. The number of rotatable bonds is 19. The average molecular weight is 699 g/mol. The van der Waals surface area contributed by atoms with Crippen LogP contribution >= 0.6 is 0 Å². The predicted molar refractivity (Wildman–Crippen MR) is 202 cm³/mol. The van der Waals surface area contributed by atoms with Gasteiger partial charge in [0, 0.05) is 44.4 Å². The molecule has 0 bridgehead atoms. The number of fused-ring (bicyclic) bond motifs is 3. The number of benzene rings is 4. The van der Waals surface area contributed by atoms with Crippen LogP contribution in [0.4, 0.5) is 0 Å². The van der Waals surface area contributed by atoms with Crippen LogP contribution in [0.2, 0.25) is 0 Å². The van der Waals surface area contributed by atoms with E-state index in [9.17, 15) is 9.59 Å². The molecule has 0 spiro atoms. The second-order valence-electron chi connectivity index (χ2n) is 13.0. The normalized spacial score (nSPS) is 11.5. The molecule has 5 rings (SSSR count). The van der Waals surface area contributed by atoms with Crippen molar-refractivity contribution in [2.45, 2.75) is 88.9 Å². The van der Waals surface area contributed by atoms with Gasteiger partial charge in [0.25, 0.3) is 0 Å². The molecule has 4 aromatic rings. The van der Waals surface area contributed by atoms with Crippen LogP contribution in [0.1, 0.15) is 111 Å². The van der Waals surface area contributed by atoms with Crippen molar-refractivity contribution in [1.82, 2.24) is 10.6 Å². The Balaban J connectivity index is 0.000000265. The molecule has 6 heteroatoms. The van der Waals surface area contributed by atoms with Crippen molar-refractivity contribution in [3.05, 3.63) is 138 Å². The monoisotopic (exact) mass is 698 g/mol. The Hall–Kier alpha value is -2.58. The van der Waals surface area contributed by atoms with Crippen molar-refractivity contribution in [2.24, 2.45) is 0 Å². The van der Waals surface area contributed by atoms with Gasteiger partial charge in [-0.25, -0.2) is 0 Å². The third-order valence-corrected chi connectivity index (χ3v) is 9.30. The first-order chi connectivity index (χ1) is 24.1. The van der Waals surface area contributed by atoms with Crippen LogP contribution in [0.5, 0.6) is 0 Å². The third kappa shape index (κ3) is 13.9. The molecule has 2 amide bonds. The molecule has 0 saturated heterocycles. The molecule has 1 aliphatic carbocycles. The van der Waals surface area contributed by atoms with E-state index in [1.54, 1.807) is 0 Å². The van der Waals surface area contributed by atoms with Crippen LogP contribution in [-0.4, -0.2) is 36.6 Å². The van der Waals surface area contributed by atoms with Gasteiger partial charge < -0.3 is 22.7 Å². The number of amides is 2. The molecule has 0 saturated carbocycles. The van der Waals surface area contributed by atoms with Gasteiger partial charge in [0.15, 0.2) is 0 Å². The maximum absolute atomic E-state index is 12.4. The number of carbonyl (C=O) groups excluding carboxylic acids is 2. The van der Waals surface area contributed by atoms with E-state index < -0.39 is 0 Å². The fourth-order valence-corrected chi connectivity index (χ4v) is 6.67. The summed E-state index contributed by atoms with van der Waals surface area (Å²) < 4.78 is 0. The molecular formula is C44H55KN2O3. The SMILES string of the molecule is O=C(CC(c1ccccc1)c1ccccc1)NCCCCCCCO.[CH2-]CCCCCCNC(=O)CC1c2ccccc2-c2ccccc21.[K+]. The minimum Gasteiger partial charge on any atom is -0.396 e. The number of aliphatic hydroxyl groups excluding tert-OH is 1. The molecule has 0 unspecified atom stereocenters. The summed E-state index contributed by atoms with van der Waals surface area (Å²) in [5.41, 5.74) is 7.47. The van der Waals surface area contributed by atoms with Gasteiger partial charge in [-0.05, 0) is 52.6 Å². The molecule has 0 heterocycles. The molecule has 0 aromatic heterocycles. The minimum absolute atomic E-state index is 0. The fourth-order valence-electron chi connectivity index (χ4n) is 6.67. The van der Waals surface area contributed by atoms with Gasteiger partial charge in [0.1, 0.15) is 0 Å². The summed E-state index contributed by atoms with van der Waals surface area (Å²) in [6, 6.07) is 37.4. The quantitative estimate of drug-likeness (QED) is 0.0606. The van der Waals surface area contributed by atoms with Crippen LogP contribution in [0.15, 0.2) is 109 Å². The molecule has 0 fully saturated rings. The van der Waals surface area contributed by atoms with E-state index in [2.05, 4.69) is 90.4 Å². The molecule has 5 nitrogen and oxygen atoms in total. The molecule has 0 radical (unpaired) electrons. The number of hydrogen-bond acceptors (Lipinski definition) is 3. The first-order valence-electron chi connectivity index (χ1n) is 18.3. The van der Waals surface area contributed by atoms with E-state index in [1.165, 1.54) is 52.6 Å². The molecule has 50 heavy (non-hydrogen) atoms. The Kier molecular flexibility index (Phi) is 20.6. The van der Waals surface area contributed by atoms with Crippen LogP contribution in [0.25, 0.3) is 11.1 Å². The summed E-state index contributed by atoms with van der Waals surface area (Å²) in [5.74, 6) is 0.534. The number of unbranched alkanes of at least 4 members (excludes halogenated alkanes) is 8. The summed E-state index contributed by atoms with van der Waals surface area (Å²) in [7, 11) is 0. The number of aliphatic hydroxyl groups is 1. The van der Waals surface area contributed by atoms with E-state index in [0.29, 0.717) is 12.8 Å². The maximum Gasteiger partial charge on any atom is 1.00 e. The van der Waals surface area contributed by atoms with Gasteiger partial charge in [-0.2, -0.15) is 6.42 Å². The number of carbonyl (C=O) groups is 2. The van der Waals surface area contributed by atoms with E-state index in [-0.39, 0.29) is 81.6 Å². The average Bonchev–Trinajstić information content (AvgIpc) is 3.45. The zero-order valence-electron chi connectivity index (χ0n) is 30.1. The minimum atomic E-state index is 0. The van der Waals surface area contributed by atoms with Crippen LogP contribution in [0.3, 0.4) is 0 Å². The van der Waals surface area contributed by atoms with Crippen molar-refractivity contribution in [3.8, 4) is 11.1 Å². The molecule has 4 aromatic carbocycles. The van der Waals surface area contributed by atoms with Gasteiger partial charge >= 0.3 is 51.4 Å². The second-order valence-corrected chi connectivity index (χ2v) is 13.0. The Bertz CT molecular complexity index is 1440. The van der Waals surface area contributed by atoms with E-state index >= 15 is 0 Å². The molecular weight excluding hydrogens is 644 g/mol. The van der Waals surface area contributed by atoms with Gasteiger partial charge in [-0.3, -0.25) is 9.59 Å². The maximum atomic E-state index is 12.4. The Morgan fingerprint density at radius 1 is 0.580 bits per heavy atom. The summed E-state index contributed by atoms with van der Waals surface area (Å²) >= 11 is 0. The smallest absolute Gasteiger partial charge is 0.396 e. The fraction of sp³-hybridized carbons (Fsp3) is 0.386. The van der Waals surface area contributed by atoms with Gasteiger partial charge in [-0.1, -0.05) is 148 Å². The zero-order chi connectivity index (χ0) is 34.5. The van der Waals surface area contributed by atoms with Gasteiger partial charge in [0.2, 0.25) is 11.8 Å².